The van der Waals surface area contributed by atoms with Crippen molar-refractivity contribution in [2.45, 2.75) is 12.2 Å². The van der Waals surface area contributed by atoms with Crippen LogP contribution < -0.4 is 13.2 Å². The Kier molecular flexibility index (Phi) is 5.39. The molecular weight excluding hydrogens is 369 g/mol. The number of carboxylic acid groups (broad SMARTS) is 1. The topological polar surface area (TPSA) is 37.3 Å². The van der Waals surface area contributed by atoms with E-state index < -0.39 is 19.2 Å². The number of aliphatic carboxylic acids is 1. The molecule has 0 aliphatic heterocycles. The normalized spacial score (nSPS) is 12.5. The van der Waals surface area contributed by atoms with Crippen LogP contribution in [-0.4, -0.2) is 24.3 Å². The summed E-state index contributed by atoms with van der Waals surface area (Å²) in [4.78, 5) is 11.7. The van der Waals surface area contributed by atoms with Gasteiger partial charge in [-0.25, -0.2) is 0 Å². The Morgan fingerprint density at radius 3 is 1.36 bits per heavy atom. The molecule has 3 heteroatoms. The SMILES string of the molecule is CC([CH2][Ge]([c]1ccccc1)([c]1ccccc1)[c]1ccccc1)C(=O)O. The van der Waals surface area contributed by atoms with E-state index in [1.165, 1.54) is 13.2 Å². The van der Waals surface area contributed by atoms with E-state index in [0.717, 1.165) is 0 Å². The van der Waals surface area contributed by atoms with Crippen LogP contribution in [0.1, 0.15) is 6.92 Å². The Hall–Kier alpha value is -2.33. The van der Waals surface area contributed by atoms with E-state index in [4.69, 9.17) is 0 Å². The minimum absolute atomic E-state index is 0.388. The molecule has 2 nitrogen and oxygen atoms in total. The number of hydrogen-bond acceptors (Lipinski definition) is 1. The molecule has 0 aromatic heterocycles. The van der Waals surface area contributed by atoms with Crippen LogP contribution in [0.3, 0.4) is 0 Å². The molecule has 0 saturated carbocycles. The molecule has 0 amide bonds. The van der Waals surface area contributed by atoms with Crippen molar-refractivity contribution in [1.29, 1.82) is 0 Å². The molecule has 3 aromatic rings. The van der Waals surface area contributed by atoms with Crippen LogP contribution in [0.2, 0.25) is 5.25 Å². The zero-order chi connectivity index (χ0) is 17.7. The van der Waals surface area contributed by atoms with E-state index in [1.54, 1.807) is 0 Å². The first-order chi connectivity index (χ1) is 12.1. The number of rotatable bonds is 6. The Balaban J connectivity index is 2.29. The van der Waals surface area contributed by atoms with Crippen LogP contribution in [-0.2, 0) is 4.79 Å². The molecule has 0 spiro atoms. The van der Waals surface area contributed by atoms with Crippen LogP contribution in [0.15, 0.2) is 91.0 Å². The average molecular weight is 391 g/mol. The van der Waals surface area contributed by atoms with Gasteiger partial charge in [0, 0.05) is 0 Å². The molecule has 1 atom stereocenters. The fourth-order valence-corrected chi connectivity index (χ4v) is 14.2. The van der Waals surface area contributed by atoms with Crippen molar-refractivity contribution in [3.05, 3.63) is 91.0 Å². The number of carboxylic acids is 1. The van der Waals surface area contributed by atoms with E-state index in [0.29, 0.717) is 5.25 Å². The average Bonchev–Trinajstić information content (AvgIpc) is 2.68. The van der Waals surface area contributed by atoms with Crippen molar-refractivity contribution in [2.75, 3.05) is 0 Å². The molecule has 0 aliphatic rings. The summed E-state index contributed by atoms with van der Waals surface area (Å²) in [5, 5.41) is 10.3. The van der Waals surface area contributed by atoms with E-state index in [1.807, 2.05) is 25.1 Å². The standard InChI is InChI=1S/C22H22GeO2/c1-18(22(24)25)17-23(19-11-5-2-6-12-19,20-13-7-3-8-14-20)21-15-9-4-10-16-21/h2-16,18H,17H2,1H3,(H,24,25). The summed E-state index contributed by atoms with van der Waals surface area (Å²) in [7, 11) is 0. The van der Waals surface area contributed by atoms with Crippen molar-refractivity contribution in [2.24, 2.45) is 5.92 Å². The second-order valence-corrected chi connectivity index (χ2v) is 14.7. The number of hydrogen-bond donors (Lipinski definition) is 1. The fraction of sp³-hybridized carbons (Fsp3) is 0.136. The van der Waals surface area contributed by atoms with Crippen molar-refractivity contribution in [1.82, 2.24) is 0 Å². The van der Waals surface area contributed by atoms with E-state index in [2.05, 4.69) is 72.8 Å². The summed E-state index contributed by atoms with van der Waals surface area (Å²) < 4.78 is 3.90. The van der Waals surface area contributed by atoms with Gasteiger partial charge in [0.1, 0.15) is 0 Å². The summed E-state index contributed by atoms with van der Waals surface area (Å²) in [5.74, 6) is -1.11. The number of carbonyl (C=O) groups is 1. The first kappa shape index (κ1) is 17.5. The van der Waals surface area contributed by atoms with Crippen LogP contribution in [0.4, 0.5) is 0 Å². The molecule has 1 unspecified atom stereocenters. The van der Waals surface area contributed by atoms with E-state index in [9.17, 15) is 9.90 Å². The first-order valence-electron chi connectivity index (χ1n) is 8.54. The summed E-state index contributed by atoms with van der Waals surface area (Å²) in [6.45, 7) is 1.83. The van der Waals surface area contributed by atoms with Crippen molar-refractivity contribution >= 4 is 32.4 Å². The molecule has 126 valence electrons. The van der Waals surface area contributed by atoms with Gasteiger partial charge in [-0.05, 0) is 0 Å². The Bertz CT molecular complexity index is 720. The van der Waals surface area contributed by atoms with Gasteiger partial charge < -0.3 is 0 Å². The zero-order valence-corrected chi connectivity index (χ0v) is 16.4. The predicted molar refractivity (Wildman–Crippen MR) is 106 cm³/mol. The predicted octanol–water partition coefficient (Wildman–Crippen LogP) is 2.88. The first-order valence-corrected chi connectivity index (χ1v) is 13.2. The molecule has 0 saturated heterocycles. The van der Waals surface area contributed by atoms with Crippen LogP contribution in [0.25, 0.3) is 0 Å². The molecule has 0 radical (unpaired) electrons. The van der Waals surface area contributed by atoms with Crippen LogP contribution in [0, 0.1) is 5.92 Å². The summed E-state index contributed by atoms with van der Waals surface area (Å²) in [6, 6.07) is 31.5. The molecule has 0 heterocycles. The van der Waals surface area contributed by atoms with Crippen LogP contribution in [0.5, 0.6) is 0 Å². The molecule has 0 fully saturated rings. The molecule has 1 N–H and O–H groups in total. The second kappa shape index (κ2) is 7.70. The Morgan fingerprint density at radius 1 is 0.760 bits per heavy atom. The monoisotopic (exact) mass is 392 g/mol. The molecular formula is C22H22GeO2. The van der Waals surface area contributed by atoms with Gasteiger partial charge in [-0.2, -0.15) is 0 Å². The van der Waals surface area contributed by atoms with Gasteiger partial charge in [-0.15, -0.1) is 0 Å². The third kappa shape index (κ3) is 3.54. The quantitative estimate of drug-likeness (QED) is 0.657. The van der Waals surface area contributed by atoms with Gasteiger partial charge in [0.15, 0.2) is 0 Å². The third-order valence-corrected chi connectivity index (χ3v) is 15.7. The van der Waals surface area contributed by atoms with Crippen LogP contribution >= 0.6 is 0 Å². The van der Waals surface area contributed by atoms with Gasteiger partial charge in [-0.1, -0.05) is 0 Å². The molecule has 0 bridgehead atoms. The summed E-state index contributed by atoms with van der Waals surface area (Å²) in [6.07, 6.45) is 0. The van der Waals surface area contributed by atoms with Gasteiger partial charge in [0.2, 0.25) is 0 Å². The van der Waals surface area contributed by atoms with E-state index in [-0.39, 0.29) is 5.92 Å². The molecule has 3 rings (SSSR count). The number of benzene rings is 3. The molecule has 25 heavy (non-hydrogen) atoms. The van der Waals surface area contributed by atoms with Gasteiger partial charge in [-0.3, -0.25) is 0 Å². The van der Waals surface area contributed by atoms with E-state index >= 15 is 0 Å². The third-order valence-electron chi connectivity index (χ3n) is 4.83. The zero-order valence-electron chi connectivity index (χ0n) is 14.3. The van der Waals surface area contributed by atoms with Crippen molar-refractivity contribution in [3.8, 4) is 0 Å². The Labute approximate surface area is 151 Å². The fourth-order valence-electron chi connectivity index (χ4n) is 3.57. The van der Waals surface area contributed by atoms with Crippen molar-refractivity contribution in [3.63, 3.8) is 0 Å². The molecule has 0 aliphatic carbocycles. The Morgan fingerprint density at radius 2 is 1.08 bits per heavy atom. The summed E-state index contributed by atoms with van der Waals surface area (Å²) >= 11 is -3.11. The van der Waals surface area contributed by atoms with Gasteiger partial charge in [0.05, 0.1) is 0 Å². The molecule has 3 aromatic carbocycles. The van der Waals surface area contributed by atoms with Crippen molar-refractivity contribution < 1.29 is 9.90 Å². The van der Waals surface area contributed by atoms with Gasteiger partial charge >= 0.3 is 151 Å². The van der Waals surface area contributed by atoms with Gasteiger partial charge in [0.25, 0.3) is 0 Å². The maximum atomic E-state index is 11.7. The minimum atomic E-state index is -3.11. The summed E-state index contributed by atoms with van der Waals surface area (Å²) in [5.41, 5.74) is 0. The second-order valence-electron chi connectivity index (χ2n) is 6.45. The maximum absolute atomic E-state index is 11.7.